The highest BCUT2D eigenvalue weighted by Gasteiger charge is 2.49. The minimum atomic E-state index is -1.24. The molecule has 2 aliphatic heterocycles. The first-order chi connectivity index (χ1) is 13.6. The molecule has 6 N–H and O–H groups in total. The van der Waals surface area contributed by atoms with Gasteiger partial charge in [0.1, 0.15) is 17.8 Å². The maximum atomic E-state index is 12.9. The largest absolute Gasteiger partial charge is 0.390 e. The number of ether oxygens (including phenoxy) is 2. The lowest BCUT2D eigenvalue weighted by atomic mass is 9.81. The first-order valence-corrected chi connectivity index (χ1v) is 10.6. The lowest BCUT2D eigenvalue weighted by Gasteiger charge is -2.47. The van der Waals surface area contributed by atoms with E-state index in [1.807, 2.05) is 13.8 Å². The molecule has 9 unspecified atom stereocenters. The number of hydrogen-bond acceptors (Lipinski definition) is 8. The van der Waals surface area contributed by atoms with Crippen LogP contribution in [0.25, 0.3) is 0 Å². The third kappa shape index (κ3) is 4.76. The summed E-state index contributed by atoms with van der Waals surface area (Å²) in [5.41, 5.74) is -1.72. The molecule has 0 bridgehead atoms. The smallest absolute Gasteiger partial charge is 0.227 e. The van der Waals surface area contributed by atoms with Crippen LogP contribution in [0.3, 0.4) is 0 Å². The van der Waals surface area contributed by atoms with E-state index in [1.54, 1.807) is 14.0 Å². The Morgan fingerprint density at radius 1 is 1.28 bits per heavy atom. The minimum absolute atomic E-state index is 0.0137. The van der Waals surface area contributed by atoms with E-state index in [2.05, 4.69) is 16.0 Å². The SMILES string of the molecule is CNC1C(O)C(OC2C(O)CC(C)CC2NC(=O)C2(C)CCNC2)OCC1(C)O. The van der Waals surface area contributed by atoms with Crippen LogP contribution < -0.4 is 16.0 Å². The summed E-state index contributed by atoms with van der Waals surface area (Å²) in [4.78, 5) is 12.9. The number of rotatable bonds is 5. The van der Waals surface area contributed by atoms with Crippen molar-refractivity contribution >= 4 is 5.91 Å². The summed E-state index contributed by atoms with van der Waals surface area (Å²) in [6.45, 7) is 6.98. The average Bonchev–Trinajstić information content (AvgIpc) is 3.07. The molecule has 9 nitrogen and oxygen atoms in total. The quantitative estimate of drug-likeness (QED) is 0.327. The Kier molecular flexibility index (Phi) is 6.89. The molecule has 0 radical (unpaired) electrons. The summed E-state index contributed by atoms with van der Waals surface area (Å²) in [6.07, 6.45) is -1.64. The van der Waals surface area contributed by atoms with Crippen LogP contribution in [-0.4, -0.2) is 90.3 Å². The Bertz CT molecular complexity index is 583. The maximum Gasteiger partial charge on any atom is 0.227 e. The number of carbonyl (C=O) groups is 1. The lowest BCUT2D eigenvalue weighted by molar-refractivity contribution is -0.293. The zero-order valence-electron chi connectivity index (χ0n) is 17.9. The molecule has 29 heavy (non-hydrogen) atoms. The summed E-state index contributed by atoms with van der Waals surface area (Å²) < 4.78 is 11.6. The van der Waals surface area contributed by atoms with Gasteiger partial charge in [-0.15, -0.1) is 0 Å². The van der Waals surface area contributed by atoms with Crippen molar-refractivity contribution in [2.75, 3.05) is 26.7 Å². The van der Waals surface area contributed by atoms with Gasteiger partial charge < -0.3 is 40.7 Å². The molecule has 3 aliphatic rings. The highest BCUT2D eigenvalue weighted by atomic mass is 16.7. The van der Waals surface area contributed by atoms with Crippen LogP contribution in [0, 0.1) is 11.3 Å². The van der Waals surface area contributed by atoms with Crippen molar-refractivity contribution in [3.8, 4) is 0 Å². The number of likely N-dealkylation sites (N-methyl/N-ethyl adjacent to an activating group) is 1. The molecule has 0 spiro atoms. The maximum absolute atomic E-state index is 12.9. The number of carbonyl (C=O) groups excluding carboxylic acids is 1. The zero-order chi connectivity index (χ0) is 21.4. The molecule has 0 aromatic rings. The lowest BCUT2D eigenvalue weighted by Crippen LogP contribution is -2.66. The van der Waals surface area contributed by atoms with Gasteiger partial charge in [0.25, 0.3) is 0 Å². The zero-order valence-corrected chi connectivity index (χ0v) is 17.9. The molecular formula is C20H37N3O6. The standard InChI is InChI=1S/C20H37N3O6/c1-11-7-12(23-18(26)19(2)5-6-22-9-19)15(13(24)8-11)29-17-14(25)16(21-4)20(3,27)10-28-17/h11-17,21-22,24-25,27H,5-10H2,1-4H3,(H,23,26). The van der Waals surface area contributed by atoms with Gasteiger partial charge in [-0.25, -0.2) is 0 Å². The summed E-state index contributed by atoms with van der Waals surface area (Å²) >= 11 is 0. The Labute approximate surface area is 172 Å². The van der Waals surface area contributed by atoms with Gasteiger partial charge in [-0.1, -0.05) is 6.92 Å². The van der Waals surface area contributed by atoms with E-state index in [9.17, 15) is 20.1 Å². The summed E-state index contributed by atoms with van der Waals surface area (Å²) in [5.74, 6) is 0.177. The molecule has 3 rings (SSSR count). The van der Waals surface area contributed by atoms with Crippen molar-refractivity contribution in [1.29, 1.82) is 0 Å². The average molecular weight is 416 g/mol. The number of aliphatic hydroxyl groups is 3. The second kappa shape index (κ2) is 8.74. The fraction of sp³-hybridized carbons (Fsp3) is 0.950. The normalized spacial score (nSPS) is 48.4. The Balaban J connectivity index is 1.71. The Hall–Kier alpha value is -0.810. The highest BCUT2D eigenvalue weighted by molar-refractivity contribution is 5.83. The number of hydrogen-bond donors (Lipinski definition) is 6. The van der Waals surface area contributed by atoms with Crippen molar-refractivity contribution in [2.24, 2.45) is 11.3 Å². The van der Waals surface area contributed by atoms with Gasteiger partial charge in [0.15, 0.2) is 6.29 Å². The van der Waals surface area contributed by atoms with Crippen LogP contribution in [0.2, 0.25) is 0 Å². The predicted molar refractivity (Wildman–Crippen MR) is 106 cm³/mol. The molecule has 9 atom stereocenters. The molecule has 2 heterocycles. The Morgan fingerprint density at radius 3 is 2.62 bits per heavy atom. The van der Waals surface area contributed by atoms with Gasteiger partial charge in [-0.2, -0.15) is 0 Å². The van der Waals surface area contributed by atoms with Crippen molar-refractivity contribution in [2.45, 2.75) is 82.3 Å². The molecule has 0 aromatic heterocycles. The number of aliphatic hydroxyl groups excluding tert-OH is 2. The summed E-state index contributed by atoms with van der Waals surface area (Å²) in [6, 6.07) is -1.03. The van der Waals surface area contributed by atoms with Crippen LogP contribution in [0.4, 0.5) is 0 Å². The van der Waals surface area contributed by atoms with Crippen LogP contribution in [0.1, 0.15) is 40.0 Å². The van der Waals surface area contributed by atoms with Crippen molar-refractivity contribution in [3.63, 3.8) is 0 Å². The van der Waals surface area contributed by atoms with Gasteiger partial charge in [-0.3, -0.25) is 4.79 Å². The van der Waals surface area contributed by atoms with Gasteiger partial charge in [0.2, 0.25) is 5.91 Å². The van der Waals surface area contributed by atoms with E-state index in [-0.39, 0.29) is 24.5 Å². The fourth-order valence-electron chi connectivity index (χ4n) is 4.88. The molecular weight excluding hydrogens is 378 g/mol. The molecule has 2 saturated heterocycles. The predicted octanol–water partition coefficient (Wildman–Crippen LogP) is -1.30. The molecule has 0 aromatic carbocycles. The third-order valence-electron chi connectivity index (χ3n) is 6.74. The molecule has 168 valence electrons. The van der Waals surface area contributed by atoms with E-state index >= 15 is 0 Å². The molecule has 1 saturated carbocycles. The summed E-state index contributed by atoms with van der Waals surface area (Å²) in [7, 11) is 1.65. The number of nitrogens with one attached hydrogen (secondary N) is 3. The second-order valence-corrected chi connectivity index (χ2v) is 9.61. The molecule has 1 amide bonds. The van der Waals surface area contributed by atoms with E-state index in [4.69, 9.17) is 9.47 Å². The summed E-state index contributed by atoms with van der Waals surface area (Å²) in [5, 5.41) is 41.0. The molecule has 9 heteroatoms. The van der Waals surface area contributed by atoms with Crippen LogP contribution in [0.5, 0.6) is 0 Å². The Morgan fingerprint density at radius 2 is 2.00 bits per heavy atom. The minimum Gasteiger partial charge on any atom is -0.390 e. The van der Waals surface area contributed by atoms with E-state index in [0.717, 1.165) is 13.0 Å². The second-order valence-electron chi connectivity index (χ2n) is 9.61. The highest BCUT2D eigenvalue weighted by Crippen LogP contribution is 2.32. The monoisotopic (exact) mass is 415 g/mol. The van der Waals surface area contributed by atoms with E-state index in [1.165, 1.54) is 0 Å². The molecule has 1 aliphatic carbocycles. The van der Waals surface area contributed by atoms with Gasteiger partial charge >= 0.3 is 0 Å². The number of amides is 1. The van der Waals surface area contributed by atoms with Crippen LogP contribution in [-0.2, 0) is 14.3 Å². The van der Waals surface area contributed by atoms with Gasteiger partial charge in [-0.05, 0) is 52.6 Å². The first-order valence-electron chi connectivity index (χ1n) is 10.6. The van der Waals surface area contributed by atoms with Crippen LogP contribution in [0.15, 0.2) is 0 Å². The van der Waals surface area contributed by atoms with E-state index < -0.39 is 41.7 Å². The van der Waals surface area contributed by atoms with E-state index in [0.29, 0.717) is 19.4 Å². The van der Waals surface area contributed by atoms with Gasteiger partial charge in [0, 0.05) is 6.54 Å². The fourth-order valence-corrected chi connectivity index (χ4v) is 4.88. The molecule has 3 fully saturated rings. The van der Waals surface area contributed by atoms with Gasteiger partial charge in [0.05, 0.1) is 30.2 Å². The topological polar surface area (TPSA) is 132 Å². The van der Waals surface area contributed by atoms with Crippen molar-refractivity contribution in [1.82, 2.24) is 16.0 Å². The van der Waals surface area contributed by atoms with Crippen molar-refractivity contribution < 1.29 is 29.6 Å². The third-order valence-corrected chi connectivity index (χ3v) is 6.74. The van der Waals surface area contributed by atoms with Crippen LogP contribution >= 0.6 is 0 Å². The van der Waals surface area contributed by atoms with Crippen molar-refractivity contribution in [3.05, 3.63) is 0 Å². The first kappa shape index (κ1) is 22.9.